The fourth-order valence-electron chi connectivity index (χ4n) is 3.88. The summed E-state index contributed by atoms with van der Waals surface area (Å²) in [4.78, 5) is 28.8. The number of amides is 2. The molecule has 6 heteroatoms. The molecule has 0 unspecified atom stereocenters. The highest BCUT2D eigenvalue weighted by Crippen LogP contribution is 2.19. The quantitative estimate of drug-likeness (QED) is 0.303. The van der Waals surface area contributed by atoms with Gasteiger partial charge >= 0.3 is 0 Å². The van der Waals surface area contributed by atoms with E-state index in [9.17, 15) is 9.59 Å². The highest BCUT2D eigenvalue weighted by molar-refractivity contribution is 9.10. The maximum absolute atomic E-state index is 13.6. The molecule has 36 heavy (non-hydrogen) atoms. The number of rotatable bonds is 12. The predicted molar refractivity (Wildman–Crippen MR) is 148 cm³/mol. The molecule has 0 aliphatic rings. The van der Waals surface area contributed by atoms with Gasteiger partial charge in [-0.2, -0.15) is 0 Å². The lowest BCUT2D eigenvalue weighted by atomic mass is 10.0. The van der Waals surface area contributed by atoms with Gasteiger partial charge in [0.2, 0.25) is 5.91 Å². The second kappa shape index (κ2) is 13.8. The highest BCUT2D eigenvalue weighted by Gasteiger charge is 2.31. The molecule has 0 aliphatic carbocycles. The van der Waals surface area contributed by atoms with Gasteiger partial charge in [0, 0.05) is 23.5 Å². The monoisotopic (exact) mass is 550 g/mol. The fourth-order valence-corrected chi connectivity index (χ4v) is 4.32. The van der Waals surface area contributed by atoms with Crippen LogP contribution in [0.4, 0.5) is 0 Å². The molecule has 1 N–H and O–H groups in total. The number of benzene rings is 3. The molecule has 0 aliphatic heterocycles. The number of carbonyl (C=O) groups excluding carboxylic acids is 2. The Hall–Kier alpha value is -3.12. The first-order chi connectivity index (χ1) is 17.4. The predicted octanol–water partition coefficient (Wildman–Crippen LogP) is 5.95. The summed E-state index contributed by atoms with van der Waals surface area (Å²) in [5.41, 5.74) is 3.12. The van der Waals surface area contributed by atoms with Crippen LogP contribution in [0.25, 0.3) is 0 Å². The van der Waals surface area contributed by atoms with Crippen molar-refractivity contribution in [1.82, 2.24) is 10.2 Å². The zero-order chi connectivity index (χ0) is 25.9. The second-order valence-electron chi connectivity index (χ2n) is 8.96. The Morgan fingerprint density at radius 1 is 0.917 bits per heavy atom. The van der Waals surface area contributed by atoms with Crippen LogP contribution in [-0.4, -0.2) is 35.4 Å². The van der Waals surface area contributed by atoms with E-state index in [0.29, 0.717) is 18.7 Å². The Morgan fingerprint density at radius 2 is 1.61 bits per heavy atom. The Labute approximate surface area is 223 Å². The summed E-state index contributed by atoms with van der Waals surface area (Å²) in [5.74, 6) is 0.227. The van der Waals surface area contributed by atoms with Gasteiger partial charge in [-0.15, -0.1) is 0 Å². The van der Waals surface area contributed by atoms with Gasteiger partial charge in [-0.25, -0.2) is 0 Å². The molecular formula is C30H35BrN2O3. The summed E-state index contributed by atoms with van der Waals surface area (Å²) >= 11 is 3.52. The van der Waals surface area contributed by atoms with Crippen molar-refractivity contribution in [3.63, 3.8) is 0 Å². The summed E-state index contributed by atoms with van der Waals surface area (Å²) in [5, 5.41) is 3.09. The average Bonchev–Trinajstić information content (AvgIpc) is 2.90. The zero-order valence-corrected chi connectivity index (χ0v) is 22.8. The molecule has 2 amide bonds. The minimum absolute atomic E-state index is 0.00641. The lowest BCUT2D eigenvalue weighted by molar-refractivity contribution is -0.143. The molecule has 0 saturated heterocycles. The molecule has 0 spiro atoms. The number of nitrogens with zero attached hydrogens (tertiary/aromatic N) is 1. The van der Waals surface area contributed by atoms with E-state index >= 15 is 0 Å². The second-order valence-corrected chi connectivity index (χ2v) is 9.88. The Kier molecular flexibility index (Phi) is 10.6. The molecule has 0 aromatic heterocycles. The molecule has 0 saturated carbocycles. The minimum atomic E-state index is -0.682. The van der Waals surface area contributed by atoms with Crippen LogP contribution >= 0.6 is 15.9 Å². The maximum Gasteiger partial charge on any atom is 0.261 e. The van der Waals surface area contributed by atoms with Gasteiger partial charge in [0.15, 0.2) is 6.61 Å². The van der Waals surface area contributed by atoms with Crippen molar-refractivity contribution in [2.45, 2.75) is 58.7 Å². The van der Waals surface area contributed by atoms with Crippen molar-refractivity contribution >= 4 is 27.7 Å². The highest BCUT2D eigenvalue weighted by atomic mass is 79.9. The van der Waals surface area contributed by atoms with Crippen molar-refractivity contribution in [2.24, 2.45) is 0 Å². The fraction of sp³-hybridized carbons (Fsp3) is 0.333. The number of halogens is 1. The third kappa shape index (κ3) is 8.23. The van der Waals surface area contributed by atoms with Crippen LogP contribution in [0.15, 0.2) is 83.3 Å². The molecule has 190 valence electrons. The first-order valence-corrected chi connectivity index (χ1v) is 13.3. The van der Waals surface area contributed by atoms with Crippen molar-refractivity contribution < 1.29 is 14.3 Å². The van der Waals surface area contributed by atoms with Crippen LogP contribution in [-0.2, 0) is 29.0 Å². The summed E-state index contributed by atoms with van der Waals surface area (Å²) in [6, 6.07) is 24.7. The van der Waals surface area contributed by atoms with Crippen molar-refractivity contribution in [3.05, 3.63) is 100 Å². The van der Waals surface area contributed by atoms with Gasteiger partial charge in [0.25, 0.3) is 5.91 Å². The number of ether oxygens (including phenoxy) is 1. The molecule has 0 heterocycles. The van der Waals surface area contributed by atoms with Gasteiger partial charge in [-0.05, 0) is 60.7 Å². The molecular weight excluding hydrogens is 516 g/mol. The normalized spacial score (nSPS) is 12.4. The first kappa shape index (κ1) is 27.5. The molecule has 3 rings (SSSR count). The SMILES string of the molecule is CCc1ccc(OCC(=O)N(Cc2cccc(Br)c2)[C@H](Cc2ccccc2)C(=O)N[C@@H](C)CC)cc1. The largest absolute Gasteiger partial charge is 0.484 e. The third-order valence-electron chi connectivity index (χ3n) is 6.21. The molecule has 5 nitrogen and oxygen atoms in total. The maximum atomic E-state index is 13.6. The molecule has 3 aromatic rings. The number of carbonyl (C=O) groups is 2. The molecule has 0 fully saturated rings. The van der Waals surface area contributed by atoms with Gasteiger partial charge in [0.1, 0.15) is 11.8 Å². The van der Waals surface area contributed by atoms with E-state index < -0.39 is 6.04 Å². The average molecular weight is 552 g/mol. The van der Waals surface area contributed by atoms with Gasteiger partial charge < -0.3 is 15.0 Å². The number of nitrogens with one attached hydrogen (secondary N) is 1. The lowest BCUT2D eigenvalue weighted by Gasteiger charge is -2.32. The Morgan fingerprint density at radius 3 is 2.25 bits per heavy atom. The van der Waals surface area contributed by atoms with Crippen molar-refractivity contribution in [3.8, 4) is 5.75 Å². The van der Waals surface area contributed by atoms with Gasteiger partial charge in [-0.3, -0.25) is 9.59 Å². The van der Waals surface area contributed by atoms with Crippen molar-refractivity contribution in [2.75, 3.05) is 6.61 Å². The topological polar surface area (TPSA) is 58.6 Å². The van der Waals surface area contributed by atoms with E-state index in [0.717, 1.165) is 28.4 Å². The molecule has 0 radical (unpaired) electrons. The van der Waals surface area contributed by atoms with E-state index in [1.807, 2.05) is 92.7 Å². The first-order valence-electron chi connectivity index (χ1n) is 12.5. The number of hydrogen-bond donors (Lipinski definition) is 1. The molecule has 3 aromatic carbocycles. The summed E-state index contributed by atoms with van der Waals surface area (Å²) in [7, 11) is 0. The number of hydrogen-bond acceptors (Lipinski definition) is 3. The molecule has 2 atom stereocenters. The minimum Gasteiger partial charge on any atom is -0.484 e. The van der Waals surface area contributed by atoms with E-state index in [1.54, 1.807) is 4.90 Å². The lowest BCUT2D eigenvalue weighted by Crippen LogP contribution is -2.53. The third-order valence-corrected chi connectivity index (χ3v) is 6.70. The summed E-state index contributed by atoms with van der Waals surface area (Å²) < 4.78 is 6.78. The van der Waals surface area contributed by atoms with Gasteiger partial charge in [-0.1, -0.05) is 84.4 Å². The van der Waals surface area contributed by atoms with Crippen LogP contribution in [0.3, 0.4) is 0 Å². The summed E-state index contributed by atoms with van der Waals surface area (Å²) in [6.45, 7) is 6.24. The van der Waals surface area contributed by atoms with Crippen LogP contribution in [0.5, 0.6) is 5.75 Å². The van der Waals surface area contributed by atoms with E-state index in [4.69, 9.17) is 4.74 Å². The van der Waals surface area contributed by atoms with E-state index in [2.05, 4.69) is 28.2 Å². The van der Waals surface area contributed by atoms with Crippen LogP contribution in [0.2, 0.25) is 0 Å². The van der Waals surface area contributed by atoms with Crippen LogP contribution in [0.1, 0.15) is 43.9 Å². The van der Waals surface area contributed by atoms with E-state index in [1.165, 1.54) is 5.56 Å². The smallest absolute Gasteiger partial charge is 0.261 e. The summed E-state index contributed by atoms with van der Waals surface area (Å²) in [6.07, 6.45) is 2.15. The van der Waals surface area contributed by atoms with Gasteiger partial charge in [0.05, 0.1) is 0 Å². The van der Waals surface area contributed by atoms with Crippen molar-refractivity contribution in [1.29, 1.82) is 0 Å². The zero-order valence-electron chi connectivity index (χ0n) is 21.2. The van der Waals surface area contributed by atoms with Crippen LogP contribution in [0, 0.1) is 0 Å². The van der Waals surface area contributed by atoms with Crippen LogP contribution < -0.4 is 10.1 Å². The Bertz CT molecular complexity index is 1120. The number of aryl methyl sites for hydroxylation is 1. The standard InChI is InChI=1S/C30H35BrN2O3/c1-4-22(3)32-30(35)28(19-24-10-7-6-8-11-24)33(20-25-12-9-13-26(31)18-25)29(34)21-36-27-16-14-23(5-2)15-17-27/h6-18,22,28H,4-5,19-21H2,1-3H3,(H,32,35)/t22-,28+/m0/s1. The Balaban J connectivity index is 1.89. The van der Waals surface area contributed by atoms with E-state index in [-0.39, 0.29) is 24.5 Å². The molecule has 0 bridgehead atoms.